The molecule has 1 amide bonds. The highest BCUT2D eigenvalue weighted by atomic mass is 32.2. The number of rotatable bonds is 9. The van der Waals surface area contributed by atoms with Gasteiger partial charge in [0, 0.05) is 44.0 Å². The van der Waals surface area contributed by atoms with E-state index in [-0.39, 0.29) is 24.6 Å². The lowest BCUT2D eigenvalue weighted by Crippen LogP contribution is -2.42. The van der Waals surface area contributed by atoms with Gasteiger partial charge in [0.05, 0.1) is 48.5 Å². The number of nitrogens with one attached hydrogen (secondary N) is 1. The van der Waals surface area contributed by atoms with E-state index in [1.807, 2.05) is 10.3 Å². The molecule has 3 heterocycles. The second kappa shape index (κ2) is 11.7. The molecule has 0 saturated carbocycles. The largest absolute Gasteiger partial charge is 0.463 e. The molecule has 3 aliphatic rings. The number of thioether (sulfide) groups is 1. The number of carbonyl (C=O) groups excluding carboxylic acids is 2. The van der Waals surface area contributed by atoms with Crippen molar-refractivity contribution < 1.29 is 24.0 Å². The van der Waals surface area contributed by atoms with Gasteiger partial charge in [-0.25, -0.2) is 9.79 Å². The van der Waals surface area contributed by atoms with E-state index in [1.54, 1.807) is 26.0 Å². The second-order valence-corrected chi connectivity index (χ2v) is 9.28. The molecule has 36 heavy (non-hydrogen) atoms. The van der Waals surface area contributed by atoms with Crippen molar-refractivity contribution in [2.75, 3.05) is 46.0 Å². The summed E-state index contributed by atoms with van der Waals surface area (Å²) >= 11 is 1.35. The zero-order valence-corrected chi connectivity index (χ0v) is 21.1. The molecule has 0 aliphatic carbocycles. The van der Waals surface area contributed by atoms with Crippen molar-refractivity contribution in [2.24, 2.45) is 4.99 Å². The maximum Gasteiger partial charge on any atom is 0.338 e. The Labute approximate surface area is 213 Å². The highest BCUT2D eigenvalue weighted by molar-refractivity contribution is 8.16. The number of ether oxygens (including phenoxy) is 2. The lowest BCUT2D eigenvalue weighted by molar-refractivity contribution is -0.384. The number of fused-ring (bicyclic) bond motifs is 1. The Bertz CT molecular complexity index is 1130. The van der Waals surface area contributed by atoms with E-state index in [0.717, 1.165) is 19.6 Å². The number of carbonyl (C=O) groups is 2. The summed E-state index contributed by atoms with van der Waals surface area (Å²) in [5, 5.41) is 16.9. The third-order valence-electron chi connectivity index (χ3n) is 6.09. The first-order chi connectivity index (χ1) is 17.4. The lowest BCUT2D eigenvalue weighted by Gasteiger charge is -2.36. The molecule has 1 fully saturated rings. The van der Waals surface area contributed by atoms with Gasteiger partial charge < -0.3 is 19.7 Å². The highest BCUT2D eigenvalue weighted by Crippen LogP contribution is 2.45. The Balaban J connectivity index is 1.56. The van der Waals surface area contributed by atoms with Crippen LogP contribution in [0.15, 0.2) is 51.6 Å². The van der Waals surface area contributed by atoms with Crippen LogP contribution in [0.5, 0.6) is 0 Å². The van der Waals surface area contributed by atoms with Crippen molar-refractivity contribution in [3.63, 3.8) is 0 Å². The molecule has 4 rings (SSSR count). The molecule has 1 aromatic rings. The van der Waals surface area contributed by atoms with Gasteiger partial charge in [-0.1, -0.05) is 23.9 Å². The number of morpholine rings is 1. The molecule has 0 bridgehead atoms. The average molecular weight is 516 g/mol. The fourth-order valence-electron chi connectivity index (χ4n) is 4.37. The third-order valence-corrected chi connectivity index (χ3v) is 6.98. The first-order valence-corrected chi connectivity index (χ1v) is 12.7. The van der Waals surface area contributed by atoms with Crippen molar-refractivity contribution >= 4 is 34.5 Å². The third kappa shape index (κ3) is 5.77. The highest BCUT2D eigenvalue weighted by Gasteiger charge is 2.41. The van der Waals surface area contributed by atoms with Crippen LogP contribution in [0.25, 0.3) is 0 Å². The van der Waals surface area contributed by atoms with Crippen LogP contribution in [0.1, 0.15) is 31.9 Å². The summed E-state index contributed by atoms with van der Waals surface area (Å²) in [6, 6.07) is 5.46. The smallest absolute Gasteiger partial charge is 0.338 e. The van der Waals surface area contributed by atoms with Crippen LogP contribution in [-0.2, 0) is 19.1 Å². The molecule has 0 unspecified atom stereocenters. The van der Waals surface area contributed by atoms with Crippen molar-refractivity contribution in [1.82, 2.24) is 15.1 Å². The molecule has 1 aromatic carbocycles. The summed E-state index contributed by atoms with van der Waals surface area (Å²) in [6.07, 6.45) is 0.0791. The van der Waals surface area contributed by atoms with Gasteiger partial charge in [0.2, 0.25) is 5.91 Å². The maximum atomic E-state index is 13.0. The number of non-ortho nitro benzene ring substituents is 1. The molecule has 0 spiro atoms. The van der Waals surface area contributed by atoms with Crippen LogP contribution in [0.4, 0.5) is 5.69 Å². The van der Waals surface area contributed by atoms with Gasteiger partial charge in [0.15, 0.2) is 5.17 Å². The summed E-state index contributed by atoms with van der Waals surface area (Å²) in [6.45, 7) is 7.96. The molecule has 0 aromatic heterocycles. The Kier molecular flexibility index (Phi) is 8.39. The van der Waals surface area contributed by atoms with Crippen LogP contribution in [0.3, 0.4) is 0 Å². The van der Waals surface area contributed by atoms with Crippen molar-refractivity contribution in [1.29, 1.82) is 0 Å². The summed E-state index contributed by atoms with van der Waals surface area (Å²) < 4.78 is 10.7. The van der Waals surface area contributed by atoms with Crippen LogP contribution in [0.2, 0.25) is 0 Å². The fraction of sp³-hybridized carbons (Fsp3) is 0.458. The van der Waals surface area contributed by atoms with E-state index in [0.29, 0.717) is 47.5 Å². The summed E-state index contributed by atoms with van der Waals surface area (Å²) in [5.41, 5.74) is 1.89. The van der Waals surface area contributed by atoms with Crippen molar-refractivity contribution in [2.45, 2.75) is 26.3 Å². The number of nitrogens with zero attached hydrogens (tertiary/aromatic N) is 4. The molecule has 0 radical (unpaired) electrons. The van der Waals surface area contributed by atoms with Crippen LogP contribution >= 0.6 is 11.8 Å². The van der Waals surface area contributed by atoms with Gasteiger partial charge in [-0.3, -0.25) is 19.8 Å². The lowest BCUT2D eigenvalue weighted by atomic mass is 9.93. The number of aliphatic imine (C=N–C) groups is 1. The van der Waals surface area contributed by atoms with E-state index in [4.69, 9.17) is 9.47 Å². The average Bonchev–Trinajstić information content (AvgIpc) is 3.25. The number of allylic oxidation sites excluding steroid dienone is 1. The zero-order chi connectivity index (χ0) is 25.7. The van der Waals surface area contributed by atoms with Gasteiger partial charge in [-0.15, -0.1) is 0 Å². The van der Waals surface area contributed by atoms with Gasteiger partial charge in [0.25, 0.3) is 5.69 Å². The molecule has 3 aliphatic heterocycles. The number of esters is 1. The molecule has 12 heteroatoms. The number of benzene rings is 1. The summed E-state index contributed by atoms with van der Waals surface area (Å²) in [5.74, 6) is -0.696. The Hall–Kier alpha value is -3.22. The first-order valence-electron chi connectivity index (χ1n) is 11.8. The van der Waals surface area contributed by atoms with Crippen LogP contribution in [0, 0.1) is 10.1 Å². The van der Waals surface area contributed by atoms with Crippen LogP contribution in [-0.4, -0.2) is 77.8 Å². The first kappa shape index (κ1) is 25.9. The minimum Gasteiger partial charge on any atom is -0.463 e. The number of hydrogen-bond acceptors (Lipinski definition) is 10. The summed E-state index contributed by atoms with van der Waals surface area (Å²) in [4.78, 5) is 45.4. The zero-order valence-electron chi connectivity index (χ0n) is 20.3. The molecule has 1 atom stereocenters. The normalized spacial score (nSPS) is 19.9. The predicted molar refractivity (Wildman–Crippen MR) is 135 cm³/mol. The quantitative estimate of drug-likeness (QED) is 0.300. The second-order valence-electron chi connectivity index (χ2n) is 8.45. The minimum absolute atomic E-state index is 0.0791. The van der Waals surface area contributed by atoms with Gasteiger partial charge in [-0.05, 0) is 24.8 Å². The number of amides is 1. The summed E-state index contributed by atoms with van der Waals surface area (Å²) in [7, 11) is 0. The predicted octanol–water partition coefficient (Wildman–Crippen LogP) is 2.57. The van der Waals surface area contributed by atoms with Gasteiger partial charge in [0.1, 0.15) is 0 Å². The molecule has 192 valence electrons. The topological polar surface area (TPSA) is 127 Å². The minimum atomic E-state index is -0.709. The number of hydrogen-bond donors (Lipinski definition) is 1. The Morgan fingerprint density at radius 3 is 2.83 bits per heavy atom. The SMILES string of the molecule is CCOC(=O)C1=C(C)N=C2SC=C(CC(=O)NCCN3CCOCC3)N2[C@@H]1c1cccc([N+](=O)[O-])c1. The Morgan fingerprint density at radius 1 is 1.33 bits per heavy atom. The molecular weight excluding hydrogens is 486 g/mol. The van der Waals surface area contributed by atoms with Crippen LogP contribution < -0.4 is 5.32 Å². The van der Waals surface area contributed by atoms with Crippen molar-refractivity contribution in [3.8, 4) is 0 Å². The van der Waals surface area contributed by atoms with E-state index >= 15 is 0 Å². The van der Waals surface area contributed by atoms with Gasteiger partial charge in [-0.2, -0.15) is 0 Å². The van der Waals surface area contributed by atoms with Crippen molar-refractivity contribution in [3.05, 3.63) is 62.3 Å². The fourth-order valence-corrected chi connectivity index (χ4v) is 5.33. The van der Waals surface area contributed by atoms with Gasteiger partial charge >= 0.3 is 5.97 Å². The maximum absolute atomic E-state index is 13.0. The van der Waals surface area contributed by atoms with E-state index in [9.17, 15) is 19.7 Å². The molecule has 1 N–H and O–H groups in total. The monoisotopic (exact) mass is 515 g/mol. The number of nitro benzene ring substituents is 1. The number of amidine groups is 1. The molecule has 11 nitrogen and oxygen atoms in total. The Morgan fingerprint density at radius 2 is 2.11 bits per heavy atom. The van der Waals surface area contributed by atoms with E-state index in [1.165, 1.54) is 23.9 Å². The van der Waals surface area contributed by atoms with E-state index < -0.39 is 16.9 Å². The molecule has 1 saturated heterocycles. The number of nitro groups is 1. The molecular formula is C24H29N5O6S. The standard InChI is InChI=1S/C24H29N5O6S/c1-3-35-23(31)21-16(2)26-24-28(22(21)17-5-4-6-18(13-17)29(32)33)19(15-36-24)14-20(30)25-7-8-27-9-11-34-12-10-27/h4-6,13,15,22H,3,7-12,14H2,1-2H3,(H,25,30)/t22-/m1/s1. The van der Waals surface area contributed by atoms with E-state index in [2.05, 4.69) is 15.2 Å².